The van der Waals surface area contributed by atoms with Crippen molar-refractivity contribution in [3.05, 3.63) is 46.0 Å². The number of halogens is 5. The normalized spacial score (nSPS) is 18.7. The molecule has 1 heterocycles. The summed E-state index contributed by atoms with van der Waals surface area (Å²) in [5.41, 5.74) is -1.55. The van der Waals surface area contributed by atoms with Crippen LogP contribution < -0.4 is 0 Å². The van der Waals surface area contributed by atoms with E-state index in [-0.39, 0.29) is 12.0 Å². The first kappa shape index (κ1) is 14.3. The molecule has 1 aromatic rings. The van der Waals surface area contributed by atoms with E-state index in [2.05, 4.69) is 4.74 Å². The van der Waals surface area contributed by atoms with Crippen molar-refractivity contribution in [1.82, 2.24) is 0 Å². The van der Waals surface area contributed by atoms with Gasteiger partial charge in [-0.15, -0.1) is 0 Å². The molecule has 0 saturated heterocycles. The lowest BCUT2D eigenvalue weighted by Crippen LogP contribution is -2.13. The van der Waals surface area contributed by atoms with Crippen molar-refractivity contribution in [3.8, 4) is 0 Å². The van der Waals surface area contributed by atoms with Gasteiger partial charge in [-0.25, -0.2) is 26.7 Å². The third-order valence-electron chi connectivity index (χ3n) is 2.93. The Hall–Kier alpha value is -2.12. The second kappa shape index (κ2) is 4.77. The molecule has 2 rings (SSSR count). The first-order valence-corrected chi connectivity index (χ1v) is 5.45. The molecular weight excluding hydrogens is 287 g/mol. The molecule has 1 atom stereocenters. The molecule has 1 aliphatic heterocycles. The molecule has 1 N–H and O–H groups in total. The Kier molecular flexibility index (Phi) is 3.41. The minimum atomic E-state index is -2.31. The molecule has 0 amide bonds. The molecule has 3 nitrogen and oxygen atoms in total. The van der Waals surface area contributed by atoms with E-state index in [0.29, 0.717) is 0 Å². The minimum absolute atomic E-state index is 0.0677. The zero-order chi connectivity index (χ0) is 15.2. The SMILES string of the molecule is CCC1=C(O)C(=O)O[C@H]1c1c(F)c(F)c(F)c(F)c1F. The summed E-state index contributed by atoms with van der Waals surface area (Å²) >= 11 is 0. The molecule has 20 heavy (non-hydrogen) atoms. The van der Waals surface area contributed by atoms with Crippen LogP contribution in [0.25, 0.3) is 0 Å². The number of hydrogen-bond acceptors (Lipinski definition) is 3. The van der Waals surface area contributed by atoms with Gasteiger partial charge in [-0.05, 0) is 6.42 Å². The molecule has 0 spiro atoms. The van der Waals surface area contributed by atoms with Crippen LogP contribution in [-0.4, -0.2) is 11.1 Å². The summed E-state index contributed by atoms with van der Waals surface area (Å²) in [6.07, 6.45) is -1.90. The Labute approximate surface area is 109 Å². The van der Waals surface area contributed by atoms with Crippen molar-refractivity contribution in [2.75, 3.05) is 0 Å². The standard InChI is InChI=1S/C12H7F5O3/c1-2-3-10(18)12(19)20-11(3)4-5(13)7(15)9(17)8(16)6(4)14/h11,18H,2H2,1H3/t11-/m1/s1. The molecule has 0 bridgehead atoms. The van der Waals surface area contributed by atoms with E-state index in [1.165, 1.54) is 6.92 Å². The topological polar surface area (TPSA) is 46.5 Å². The van der Waals surface area contributed by atoms with Gasteiger partial charge in [-0.3, -0.25) is 0 Å². The van der Waals surface area contributed by atoms with Gasteiger partial charge in [0.25, 0.3) is 0 Å². The third kappa shape index (κ3) is 1.83. The van der Waals surface area contributed by atoms with E-state index < -0.39 is 52.5 Å². The second-order valence-corrected chi connectivity index (χ2v) is 4.00. The van der Waals surface area contributed by atoms with E-state index >= 15 is 0 Å². The van der Waals surface area contributed by atoms with Gasteiger partial charge in [-0.2, -0.15) is 0 Å². The number of benzene rings is 1. The van der Waals surface area contributed by atoms with Crippen molar-refractivity contribution >= 4 is 5.97 Å². The van der Waals surface area contributed by atoms with Crippen LogP contribution in [0.1, 0.15) is 25.0 Å². The smallest absolute Gasteiger partial charge is 0.374 e. The van der Waals surface area contributed by atoms with Crippen molar-refractivity contribution < 1.29 is 36.6 Å². The summed E-state index contributed by atoms with van der Waals surface area (Å²) in [7, 11) is 0. The van der Waals surface area contributed by atoms with Crippen molar-refractivity contribution in [3.63, 3.8) is 0 Å². The lowest BCUT2D eigenvalue weighted by molar-refractivity contribution is -0.142. The minimum Gasteiger partial charge on any atom is -0.502 e. The molecule has 0 saturated carbocycles. The predicted molar refractivity (Wildman–Crippen MR) is 55.0 cm³/mol. The third-order valence-corrected chi connectivity index (χ3v) is 2.93. The molecule has 108 valence electrons. The number of carbonyl (C=O) groups excluding carboxylic acids is 1. The van der Waals surface area contributed by atoms with Gasteiger partial charge in [0.05, 0.1) is 5.56 Å². The van der Waals surface area contributed by atoms with E-state index in [1.54, 1.807) is 0 Å². The number of aliphatic hydroxyl groups is 1. The maximum absolute atomic E-state index is 13.6. The zero-order valence-corrected chi connectivity index (χ0v) is 9.94. The van der Waals surface area contributed by atoms with Crippen LogP contribution in [0.5, 0.6) is 0 Å². The number of aliphatic hydroxyl groups excluding tert-OH is 1. The van der Waals surface area contributed by atoms with Gasteiger partial charge in [0.2, 0.25) is 11.6 Å². The fourth-order valence-electron chi connectivity index (χ4n) is 1.93. The molecule has 0 aliphatic carbocycles. The Morgan fingerprint density at radius 2 is 1.45 bits per heavy atom. The van der Waals surface area contributed by atoms with Crippen LogP contribution >= 0.6 is 0 Å². The summed E-state index contributed by atoms with van der Waals surface area (Å²) in [6.45, 7) is 1.42. The highest BCUT2D eigenvalue weighted by molar-refractivity contribution is 5.89. The van der Waals surface area contributed by atoms with Crippen LogP contribution in [0.15, 0.2) is 11.3 Å². The summed E-state index contributed by atoms with van der Waals surface area (Å²) in [4.78, 5) is 11.1. The molecule has 0 aromatic heterocycles. The maximum Gasteiger partial charge on any atom is 0.374 e. The highest BCUT2D eigenvalue weighted by Gasteiger charge is 2.40. The summed E-state index contributed by atoms with van der Waals surface area (Å²) < 4.78 is 70.8. The molecule has 0 fully saturated rings. The zero-order valence-electron chi connectivity index (χ0n) is 9.94. The monoisotopic (exact) mass is 294 g/mol. The van der Waals surface area contributed by atoms with E-state index in [1.807, 2.05) is 0 Å². The Morgan fingerprint density at radius 3 is 1.90 bits per heavy atom. The summed E-state index contributed by atoms with van der Waals surface area (Å²) in [5.74, 6) is -13.0. The Bertz CT molecular complexity index is 609. The van der Waals surface area contributed by atoms with Gasteiger partial charge in [0.1, 0.15) is 0 Å². The average molecular weight is 294 g/mol. The number of hydrogen-bond donors (Lipinski definition) is 1. The van der Waals surface area contributed by atoms with E-state index in [0.717, 1.165) is 0 Å². The fraction of sp³-hybridized carbons (Fsp3) is 0.250. The van der Waals surface area contributed by atoms with Crippen LogP contribution in [-0.2, 0) is 9.53 Å². The van der Waals surface area contributed by atoms with Crippen LogP contribution in [0, 0.1) is 29.1 Å². The number of ether oxygens (including phenoxy) is 1. The van der Waals surface area contributed by atoms with E-state index in [9.17, 15) is 31.9 Å². The maximum atomic E-state index is 13.6. The van der Waals surface area contributed by atoms with Gasteiger partial charge in [0.15, 0.2) is 29.4 Å². The van der Waals surface area contributed by atoms with Crippen LogP contribution in [0.4, 0.5) is 22.0 Å². The summed E-state index contributed by atoms with van der Waals surface area (Å²) in [6, 6.07) is 0. The first-order valence-electron chi connectivity index (χ1n) is 5.45. The van der Waals surface area contributed by atoms with Crippen LogP contribution in [0.3, 0.4) is 0 Å². The largest absolute Gasteiger partial charge is 0.502 e. The highest BCUT2D eigenvalue weighted by atomic mass is 19.2. The van der Waals surface area contributed by atoms with Gasteiger partial charge < -0.3 is 9.84 Å². The number of cyclic esters (lactones) is 1. The van der Waals surface area contributed by atoms with Gasteiger partial charge >= 0.3 is 5.97 Å². The van der Waals surface area contributed by atoms with Gasteiger partial charge in [0, 0.05) is 5.57 Å². The Morgan fingerprint density at radius 1 is 1.00 bits per heavy atom. The fourth-order valence-corrected chi connectivity index (χ4v) is 1.93. The summed E-state index contributed by atoms with van der Waals surface area (Å²) in [5, 5.41) is 9.36. The highest BCUT2D eigenvalue weighted by Crippen LogP contribution is 2.40. The van der Waals surface area contributed by atoms with Crippen molar-refractivity contribution in [1.29, 1.82) is 0 Å². The number of esters is 1. The molecular formula is C12H7F5O3. The molecule has 0 radical (unpaired) electrons. The molecule has 8 heteroatoms. The number of carbonyl (C=O) groups is 1. The predicted octanol–water partition coefficient (Wildman–Crippen LogP) is 3.20. The molecule has 1 aromatic carbocycles. The first-order chi connectivity index (χ1) is 9.31. The lowest BCUT2D eigenvalue weighted by atomic mass is 9.98. The van der Waals surface area contributed by atoms with Gasteiger partial charge in [-0.1, -0.05) is 6.92 Å². The van der Waals surface area contributed by atoms with E-state index in [4.69, 9.17) is 0 Å². The molecule has 0 unspecified atom stereocenters. The number of rotatable bonds is 2. The molecule has 1 aliphatic rings. The van der Waals surface area contributed by atoms with Crippen LogP contribution in [0.2, 0.25) is 0 Å². The average Bonchev–Trinajstić information content (AvgIpc) is 2.70. The Balaban J connectivity index is 2.69. The van der Waals surface area contributed by atoms with Crippen molar-refractivity contribution in [2.24, 2.45) is 0 Å². The quantitative estimate of drug-likeness (QED) is 0.394. The van der Waals surface area contributed by atoms with Crippen molar-refractivity contribution in [2.45, 2.75) is 19.4 Å². The second-order valence-electron chi connectivity index (χ2n) is 4.00. The lowest BCUT2D eigenvalue weighted by Gasteiger charge is -2.15.